The highest BCUT2D eigenvalue weighted by molar-refractivity contribution is 5.43. The monoisotopic (exact) mass is 235 g/mol. The van der Waals surface area contributed by atoms with Crippen LogP contribution >= 0.6 is 0 Å². The highest BCUT2D eigenvalue weighted by Gasteiger charge is 2.27. The summed E-state index contributed by atoms with van der Waals surface area (Å²) in [5, 5.41) is 3.36. The van der Waals surface area contributed by atoms with Gasteiger partial charge in [0.1, 0.15) is 11.5 Å². The molecular weight excluding hydrogens is 214 g/mol. The van der Waals surface area contributed by atoms with Crippen molar-refractivity contribution in [3.8, 4) is 11.5 Å². The molecule has 3 heteroatoms. The Balaban J connectivity index is 2.24. The number of methoxy groups -OCH3 is 2. The van der Waals surface area contributed by atoms with Crippen molar-refractivity contribution in [2.24, 2.45) is 0 Å². The van der Waals surface area contributed by atoms with Crippen LogP contribution in [0.2, 0.25) is 0 Å². The summed E-state index contributed by atoms with van der Waals surface area (Å²) >= 11 is 0. The first-order valence-corrected chi connectivity index (χ1v) is 6.17. The van der Waals surface area contributed by atoms with Crippen LogP contribution in [0.1, 0.15) is 30.7 Å². The van der Waals surface area contributed by atoms with Gasteiger partial charge in [0, 0.05) is 11.6 Å². The van der Waals surface area contributed by atoms with Crippen LogP contribution in [0.5, 0.6) is 11.5 Å². The van der Waals surface area contributed by atoms with E-state index in [0.717, 1.165) is 11.5 Å². The Kier molecular flexibility index (Phi) is 3.89. The van der Waals surface area contributed by atoms with Crippen molar-refractivity contribution in [3.63, 3.8) is 0 Å². The van der Waals surface area contributed by atoms with Gasteiger partial charge in [-0.05, 0) is 50.4 Å². The number of hydrogen-bond donors (Lipinski definition) is 1. The summed E-state index contributed by atoms with van der Waals surface area (Å²) in [6.45, 7) is 0. The van der Waals surface area contributed by atoms with Crippen molar-refractivity contribution in [2.45, 2.75) is 31.2 Å². The van der Waals surface area contributed by atoms with Crippen LogP contribution < -0.4 is 14.8 Å². The molecule has 2 unspecified atom stereocenters. The van der Waals surface area contributed by atoms with Crippen molar-refractivity contribution in [3.05, 3.63) is 23.8 Å². The smallest absolute Gasteiger partial charge is 0.122 e. The van der Waals surface area contributed by atoms with E-state index in [1.54, 1.807) is 14.2 Å². The number of ether oxygens (including phenoxy) is 2. The van der Waals surface area contributed by atoms with Crippen LogP contribution in [0.4, 0.5) is 0 Å². The summed E-state index contributed by atoms with van der Waals surface area (Å²) in [5.41, 5.74) is 1.28. The van der Waals surface area contributed by atoms with Gasteiger partial charge in [0.05, 0.1) is 14.2 Å². The maximum Gasteiger partial charge on any atom is 0.122 e. The summed E-state index contributed by atoms with van der Waals surface area (Å²) < 4.78 is 10.7. The molecule has 1 aromatic rings. The number of benzene rings is 1. The zero-order valence-corrected chi connectivity index (χ0v) is 10.8. The minimum atomic E-state index is 0.581. The van der Waals surface area contributed by atoms with Gasteiger partial charge < -0.3 is 14.8 Å². The highest BCUT2D eigenvalue weighted by Crippen LogP contribution is 2.40. The average Bonchev–Trinajstić information content (AvgIpc) is 2.86. The van der Waals surface area contributed by atoms with Gasteiger partial charge in [-0.15, -0.1) is 0 Å². The molecule has 0 bridgehead atoms. The molecule has 94 valence electrons. The normalized spacial score (nSPS) is 23.7. The van der Waals surface area contributed by atoms with E-state index in [1.165, 1.54) is 24.8 Å². The number of rotatable bonds is 4. The van der Waals surface area contributed by atoms with Gasteiger partial charge in [-0.25, -0.2) is 0 Å². The van der Waals surface area contributed by atoms with Crippen LogP contribution in [0, 0.1) is 0 Å². The lowest BCUT2D eigenvalue weighted by Crippen LogP contribution is -2.21. The van der Waals surface area contributed by atoms with Crippen LogP contribution in [0.3, 0.4) is 0 Å². The lowest BCUT2D eigenvalue weighted by Gasteiger charge is -2.16. The second kappa shape index (κ2) is 5.41. The summed E-state index contributed by atoms with van der Waals surface area (Å²) in [5.74, 6) is 2.47. The summed E-state index contributed by atoms with van der Waals surface area (Å²) in [7, 11) is 5.47. The molecule has 0 aliphatic heterocycles. The van der Waals surface area contributed by atoms with Gasteiger partial charge in [0.2, 0.25) is 0 Å². The van der Waals surface area contributed by atoms with Crippen molar-refractivity contribution < 1.29 is 9.47 Å². The van der Waals surface area contributed by atoms with Gasteiger partial charge in [0.15, 0.2) is 0 Å². The van der Waals surface area contributed by atoms with E-state index in [0.29, 0.717) is 12.0 Å². The standard InChI is InChI=1S/C14H21NO2/c1-15-11-5-4-10(8-11)13-9-12(16-2)6-7-14(13)17-3/h6-7,9-11,15H,4-5,8H2,1-3H3. The third-order valence-corrected chi connectivity index (χ3v) is 3.72. The molecule has 1 aromatic carbocycles. The van der Waals surface area contributed by atoms with E-state index in [1.807, 2.05) is 19.2 Å². The Bertz CT molecular complexity index is 378. The van der Waals surface area contributed by atoms with Gasteiger partial charge in [-0.3, -0.25) is 0 Å². The van der Waals surface area contributed by atoms with Crippen LogP contribution in [0.25, 0.3) is 0 Å². The minimum Gasteiger partial charge on any atom is -0.497 e. The van der Waals surface area contributed by atoms with Crippen molar-refractivity contribution >= 4 is 0 Å². The second-order valence-corrected chi connectivity index (χ2v) is 4.60. The first kappa shape index (κ1) is 12.2. The molecule has 1 aliphatic carbocycles. The Morgan fingerprint density at radius 1 is 1.18 bits per heavy atom. The van der Waals surface area contributed by atoms with Crippen molar-refractivity contribution in [2.75, 3.05) is 21.3 Å². The molecule has 0 spiro atoms. The van der Waals surface area contributed by atoms with E-state index in [9.17, 15) is 0 Å². The molecule has 0 heterocycles. The Morgan fingerprint density at radius 3 is 2.59 bits per heavy atom. The maximum absolute atomic E-state index is 5.45. The van der Waals surface area contributed by atoms with Gasteiger partial charge >= 0.3 is 0 Å². The topological polar surface area (TPSA) is 30.5 Å². The SMILES string of the molecule is CNC1CCC(c2cc(OC)ccc2OC)C1. The maximum atomic E-state index is 5.45. The van der Waals surface area contributed by atoms with Gasteiger partial charge in [-0.1, -0.05) is 0 Å². The second-order valence-electron chi connectivity index (χ2n) is 4.60. The van der Waals surface area contributed by atoms with E-state index in [-0.39, 0.29) is 0 Å². The zero-order valence-electron chi connectivity index (χ0n) is 10.8. The Morgan fingerprint density at radius 2 is 2.00 bits per heavy atom. The van der Waals surface area contributed by atoms with Crippen molar-refractivity contribution in [1.82, 2.24) is 5.32 Å². The minimum absolute atomic E-state index is 0.581. The Labute approximate surface area is 103 Å². The molecule has 1 aliphatic rings. The molecule has 0 saturated heterocycles. The fourth-order valence-electron chi connectivity index (χ4n) is 2.68. The molecule has 0 radical (unpaired) electrons. The van der Waals surface area contributed by atoms with Gasteiger partial charge in [-0.2, -0.15) is 0 Å². The summed E-state index contributed by atoms with van der Waals surface area (Å²) in [4.78, 5) is 0. The van der Waals surface area contributed by atoms with Gasteiger partial charge in [0.25, 0.3) is 0 Å². The molecule has 0 aromatic heterocycles. The number of hydrogen-bond acceptors (Lipinski definition) is 3. The fourth-order valence-corrected chi connectivity index (χ4v) is 2.68. The van der Waals surface area contributed by atoms with Crippen molar-refractivity contribution in [1.29, 1.82) is 0 Å². The largest absolute Gasteiger partial charge is 0.497 e. The molecule has 1 N–H and O–H groups in total. The lowest BCUT2D eigenvalue weighted by atomic mass is 9.96. The lowest BCUT2D eigenvalue weighted by molar-refractivity contribution is 0.394. The summed E-state index contributed by atoms with van der Waals surface area (Å²) in [6, 6.07) is 6.70. The van der Waals surface area contributed by atoms with Crippen LogP contribution in [0.15, 0.2) is 18.2 Å². The molecule has 17 heavy (non-hydrogen) atoms. The molecule has 2 rings (SSSR count). The highest BCUT2D eigenvalue weighted by atomic mass is 16.5. The predicted octanol–water partition coefficient (Wildman–Crippen LogP) is 2.56. The number of nitrogens with one attached hydrogen (secondary N) is 1. The van der Waals surface area contributed by atoms with E-state index in [4.69, 9.17) is 9.47 Å². The Hall–Kier alpha value is -1.22. The molecular formula is C14H21NO2. The first-order chi connectivity index (χ1) is 8.28. The van der Waals surface area contributed by atoms with E-state index in [2.05, 4.69) is 11.4 Å². The fraction of sp³-hybridized carbons (Fsp3) is 0.571. The average molecular weight is 235 g/mol. The van der Waals surface area contributed by atoms with E-state index < -0.39 is 0 Å². The summed E-state index contributed by atoms with van der Waals surface area (Å²) in [6.07, 6.45) is 3.64. The van der Waals surface area contributed by atoms with Crippen LogP contribution in [-0.2, 0) is 0 Å². The predicted molar refractivity (Wildman–Crippen MR) is 69.0 cm³/mol. The third-order valence-electron chi connectivity index (χ3n) is 3.72. The zero-order chi connectivity index (χ0) is 12.3. The van der Waals surface area contributed by atoms with E-state index >= 15 is 0 Å². The quantitative estimate of drug-likeness (QED) is 0.870. The van der Waals surface area contributed by atoms with Crippen LogP contribution in [-0.4, -0.2) is 27.3 Å². The molecule has 3 nitrogen and oxygen atoms in total. The molecule has 1 fully saturated rings. The first-order valence-electron chi connectivity index (χ1n) is 6.17. The molecule has 1 saturated carbocycles. The third kappa shape index (κ3) is 2.55. The molecule has 0 amide bonds. The molecule has 2 atom stereocenters.